The number of carbonyl (C=O) groups is 2. The molecule has 0 aliphatic carbocycles. The topological polar surface area (TPSA) is 70.1 Å². The van der Waals surface area contributed by atoms with Crippen molar-refractivity contribution in [2.24, 2.45) is 0 Å². The number of likely N-dealkylation sites (N-methyl/N-ethyl adjacent to an activating group) is 1. The number of ether oxygens (including phenoxy) is 1. The number of piperidine rings is 1. The summed E-state index contributed by atoms with van der Waals surface area (Å²) in [6.07, 6.45) is 0.978. The smallest absolute Gasteiger partial charge is 0.317 e. The number of carboxylic acid groups (broad SMARTS) is 1. The van der Waals surface area contributed by atoms with Gasteiger partial charge < -0.3 is 14.7 Å². The van der Waals surface area contributed by atoms with Crippen molar-refractivity contribution >= 4 is 23.5 Å². The Labute approximate surface area is 159 Å². The van der Waals surface area contributed by atoms with Crippen molar-refractivity contribution < 1.29 is 19.4 Å². The molecule has 0 aromatic heterocycles. The Kier molecular flexibility index (Phi) is 7.29. The molecular weight excluding hydrogens is 356 g/mol. The van der Waals surface area contributed by atoms with Gasteiger partial charge in [-0.05, 0) is 57.0 Å². The average Bonchev–Trinajstić information content (AvgIpc) is 2.61. The van der Waals surface area contributed by atoms with Gasteiger partial charge in [-0.1, -0.05) is 18.5 Å². The zero-order valence-corrected chi connectivity index (χ0v) is 16.3. The van der Waals surface area contributed by atoms with Gasteiger partial charge in [0.25, 0.3) is 5.91 Å². The molecule has 0 bridgehead atoms. The molecular formula is C19H27ClN2O4. The lowest BCUT2D eigenvalue weighted by Gasteiger charge is -2.38. The molecule has 1 aliphatic heterocycles. The van der Waals surface area contributed by atoms with E-state index in [0.717, 1.165) is 18.4 Å². The van der Waals surface area contributed by atoms with Gasteiger partial charge in [0.15, 0.2) is 6.10 Å². The first-order chi connectivity index (χ1) is 12.3. The van der Waals surface area contributed by atoms with Crippen molar-refractivity contribution in [1.29, 1.82) is 0 Å². The molecule has 26 heavy (non-hydrogen) atoms. The van der Waals surface area contributed by atoms with Crippen LogP contribution in [0.15, 0.2) is 18.2 Å². The maximum atomic E-state index is 12.7. The number of halogens is 1. The van der Waals surface area contributed by atoms with Crippen LogP contribution >= 0.6 is 11.6 Å². The average molecular weight is 383 g/mol. The first-order valence-electron chi connectivity index (χ1n) is 8.99. The minimum Gasteiger partial charge on any atom is -0.481 e. The fourth-order valence-corrected chi connectivity index (χ4v) is 3.59. The fourth-order valence-electron chi connectivity index (χ4n) is 3.37. The van der Waals surface area contributed by atoms with E-state index in [0.29, 0.717) is 30.4 Å². The van der Waals surface area contributed by atoms with Crippen molar-refractivity contribution in [1.82, 2.24) is 9.80 Å². The van der Waals surface area contributed by atoms with Crippen LogP contribution in [0.4, 0.5) is 0 Å². The number of hydrogen-bond acceptors (Lipinski definition) is 4. The number of carbonyl (C=O) groups excluding carboxylic acids is 1. The van der Waals surface area contributed by atoms with Gasteiger partial charge >= 0.3 is 5.97 Å². The molecule has 0 radical (unpaired) electrons. The minimum atomic E-state index is -0.814. The summed E-state index contributed by atoms with van der Waals surface area (Å²) in [6.45, 7) is 7.59. The quantitative estimate of drug-likeness (QED) is 0.785. The van der Waals surface area contributed by atoms with E-state index in [-0.39, 0.29) is 18.5 Å². The molecule has 1 heterocycles. The summed E-state index contributed by atoms with van der Waals surface area (Å²) in [6, 6.07) is 5.53. The Bertz CT molecular complexity index is 644. The fraction of sp³-hybridized carbons (Fsp3) is 0.579. The highest BCUT2D eigenvalue weighted by Crippen LogP contribution is 2.24. The highest BCUT2D eigenvalue weighted by Gasteiger charge is 2.30. The van der Waals surface area contributed by atoms with Gasteiger partial charge in [-0.25, -0.2) is 0 Å². The molecule has 1 fully saturated rings. The summed E-state index contributed by atoms with van der Waals surface area (Å²) in [5.74, 6) is -0.200. The zero-order chi connectivity index (χ0) is 19.3. The van der Waals surface area contributed by atoms with E-state index in [1.165, 1.54) is 0 Å². The van der Waals surface area contributed by atoms with E-state index in [9.17, 15) is 9.59 Å². The lowest BCUT2D eigenvalue weighted by atomic mass is 10.0. The first kappa shape index (κ1) is 20.5. The Balaban J connectivity index is 1.89. The Hall–Kier alpha value is -1.79. The second-order valence-electron chi connectivity index (χ2n) is 6.68. The van der Waals surface area contributed by atoms with Crippen LogP contribution < -0.4 is 4.74 Å². The Morgan fingerprint density at radius 1 is 1.38 bits per heavy atom. The second kappa shape index (κ2) is 9.24. The molecule has 0 unspecified atom stereocenters. The molecule has 1 saturated heterocycles. The molecule has 0 spiro atoms. The van der Waals surface area contributed by atoms with Crippen LogP contribution in [0.3, 0.4) is 0 Å². The van der Waals surface area contributed by atoms with Crippen LogP contribution in [-0.4, -0.2) is 65.1 Å². The highest BCUT2D eigenvalue weighted by molar-refractivity contribution is 6.30. The molecule has 7 heteroatoms. The van der Waals surface area contributed by atoms with Crippen molar-refractivity contribution in [2.45, 2.75) is 45.8 Å². The van der Waals surface area contributed by atoms with E-state index in [1.54, 1.807) is 30.0 Å². The summed E-state index contributed by atoms with van der Waals surface area (Å²) in [4.78, 5) is 27.4. The van der Waals surface area contributed by atoms with Gasteiger partial charge in [-0.2, -0.15) is 0 Å². The lowest BCUT2D eigenvalue weighted by molar-refractivity contribution is -0.142. The molecule has 144 valence electrons. The van der Waals surface area contributed by atoms with Gasteiger partial charge in [0, 0.05) is 24.2 Å². The van der Waals surface area contributed by atoms with Gasteiger partial charge in [0.2, 0.25) is 0 Å². The monoisotopic (exact) mass is 382 g/mol. The molecule has 1 aliphatic rings. The molecule has 6 nitrogen and oxygen atoms in total. The van der Waals surface area contributed by atoms with Crippen molar-refractivity contribution in [3.05, 3.63) is 28.8 Å². The molecule has 1 amide bonds. The van der Waals surface area contributed by atoms with Crippen molar-refractivity contribution in [3.8, 4) is 5.75 Å². The van der Waals surface area contributed by atoms with E-state index in [1.807, 2.05) is 18.7 Å². The van der Waals surface area contributed by atoms with Gasteiger partial charge in [-0.3, -0.25) is 14.5 Å². The number of rotatable bonds is 7. The maximum Gasteiger partial charge on any atom is 0.317 e. The van der Waals surface area contributed by atoms with E-state index >= 15 is 0 Å². The third-order valence-corrected chi connectivity index (χ3v) is 5.06. The van der Waals surface area contributed by atoms with Crippen molar-refractivity contribution in [2.75, 3.05) is 26.2 Å². The Morgan fingerprint density at radius 2 is 2.04 bits per heavy atom. The standard InChI is InChI=1S/C19H27ClN2O4/c1-4-21(12-18(23)24)16-7-9-22(10-8-16)19(25)14(3)26-17-6-5-15(20)11-13(17)2/h5-6,11,14,16H,4,7-10,12H2,1-3H3,(H,23,24)/t14-/m1/s1. The number of aryl methyl sites for hydroxylation is 1. The molecule has 1 N–H and O–H groups in total. The summed E-state index contributed by atoms with van der Waals surface area (Å²) in [5, 5.41) is 9.64. The summed E-state index contributed by atoms with van der Waals surface area (Å²) < 4.78 is 5.83. The number of amides is 1. The largest absolute Gasteiger partial charge is 0.481 e. The SMILES string of the molecule is CCN(CC(=O)O)C1CCN(C(=O)[C@@H](C)Oc2ccc(Cl)cc2C)CC1. The van der Waals surface area contributed by atoms with E-state index in [4.69, 9.17) is 21.4 Å². The Morgan fingerprint density at radius 3 is 2.58 bits per heavy atom. The normalized spacial score (nSPS) is 16.6. The predicted octanol–water partition coefficient (Wildman–Crippen LogP) is 2.81. The number of carboxylic acids is 1. The van der Waals surface area contributed by atoms with Crippen LogP contribution in [0.1, 0.15) is 32.3 Å². The number of hydrogen-bond donors (Lipinski definition) is 1. The summed E-state index contributed by atoms with van der Waals surface area (Å²) in [7, 11) is 0. The lowest BCUT2D eigenvalue weighted by Crippen LogP contribution is -2.50. The van der Waals surface area contributed by atoms with Crippen LogP contribution in [0, 0.1) is 6.92 Å². The zero-order valence-electron chi connectivity index (χ0n) is 15.6. The first-order valence-corrected chi connectivity index (χ1v) is 9.37. The number of likely N-dealkylation sites (tertiary alicyclic amines) is 1. The molecule has 1 aromatic carbocycles. The summed E-state index contributed by atoms with van der Waals surface area (Å²) >= 11 is 5.95. The molecule has 1 aromatic rings. The minimum absolute atomic E-state index is 0.0425. The molecule has 0 saturated carbocycles. The second-order valence-corrected chi connectivity index (χ2v) is 7.12. The molecule has 1 atom stereocenters. The van der Waals surface area contributed by atoms with E-state index < -0.39 is 12.1 Å². The number of nitrogens with zero attached hydrogens (tertiary/aromatic N) is 2. The third-order valence-electron chi connectivity index (χ3n) is 4.83. The van der Waals surface area contributed by atoms with Crippen LogP contribution in [0.2, 0.25) is 5.02 Å². The van der Waals surface area contributed by atoms with Gasteiger partial charge in [0.1, 0.15) is 5.75 Å². The third kappa shape index (κ3) is 5.35. The number of aliphatic carboxylic acids is 1. The molecule has 2 rings (SSSR count). The van der Waals surface area contributed by atoms with Gasteiger partial charge in [0.05, 0.1) is 6.54 Å². The predicted molar refractivity (Wildman–Crippen MR) is 101 cm³/mol. The summed E-state index contributed by atoms with van der Waals surface area (Å²) in [5.41, 5.74) is 0.892. The van der Waals surface area contributed by atoms with Gasteiger partial charge in [-0.15, -0.1) is 0 Å². The number of benzene rings is 1. The van der Waals surface area contributed by atoms with E-state index in [2.05, 4.69) is 0 Å². The van der Waals surface area contributed by atoms with Crippen LogP contribution in [0.5, 0.6) is 5.75 Å². The van der Waals surface area contributed by atoms with Crippen molar-refractivity contribution in [3.63, 3.8) is 0 Å². The highest BCUT2D eigenvalue weighted by atomic mass is 35.5. The maximum absolute atomic E-state index is 12.7. The van der Waals surface area contributed by atoms with Crippen LogP contribution in [0.25, 0.3) is 0 Å². The van der Waals surface area contributed by atoms with Crippen LogP contribution in [-0.2, 0) is 9.59 Å².